The maximum Gasteiger partial charge on any atom is 0.0195 e. The van der Waals surface area contributed by atoms with Crippen molar-refractivity contribution in [3.63, 3.8) is 0 Å². The highest BCUT2D eigenvalue weighted by Crippen LogP contribution is 2.14. The zero-order valence-electron chi connectivity index (χ0n) is 11.3. The number of piperazine rings is 1. The van der Waals surface area contributed by atoms with E-state index in [0.717, 1.165) is 18.5 Å². The van der Waals surface area contributed by atoms with Gasteiger partial charge in [0.15, 0.2) is 0 Å². The lowest BCUT2D eigenvalue weighted by molar-refractivity contribution is 0.123. The molecule has 0 amide bonds. The van der Waals surface area contributed by atoms with Crippen molar-refractivity contribution in [1.82, 2.24) is 10.2 Å². The Bertz CT molecular complexity index is 185. The molecule has 0 saturated carbocycles. The highest BCUT2D eigenvalue weighted by atomic mass is 32.2. The molecular formula is C13H28N2S. The molecule has 0 aliphatic carbocycles. The molecule has 1 heterocycles. The van der Waals surface area contributed by atoms with Crippen molar-refractivity contribution in [2.24, 2.45) is 5.92 Å². The molecule has 96 valence electrons. The Morgan fingerprint density at radius 1 is 1.50 bits per heavy atom. The minimum atomic E-state index is 0.706. The minimum absolute atomic E-state index is 0.706. The molecule has 1 aliphatic rings. The summed E-state index contributed by atoms with van der Waals surface area (Å²) >= 11 is 1.97. The number of thioether (sulfide) groups is 1. The molecule has 1 rings (SSSR count). The van der Waals surface area contributed by atoms with Crippen LogP contribution in [0.3, 0.4) is 0 Å². The van der Waals surface area contributed by atoms with E-state index in [9.17, 15) is 0 Å². The molecule has 3 heteroatoms. The molecule has 0 spiro atoms. The summed E-state index contributed by atoms with van der Waals surface area (Å²) in [5.74, 6) is 2.10. The van der Waals surface area contributed by atoms with E-state index in [2.05, 4.69) is 37.2 Å². The van der Waals surface area contributed by atoms with Crippen molar-refractivity contribution < 1.29 is 0 Å². The van der Waals surface area contributed by atoms with Gasteiger partial charge in [0.25, 0.3) is 0 Å². The van der Waals surface area contributed by atoms with Gasteiger partial charge in [-0.3, -0.25) is 4.90 Å². The quantitative estimate of drug-likeness (QED) is 0.772. The smallest absolute Gasteiger partial charge is 0.0195 e. The van der Waals surface area contributed by atoms with Crippen LogP contribution in [0.25, 0.3) is 0 Å². The highest BCUT2D eigenvalue weighted by Gasteiger charge is 2.25. The molecule has 1 saturated heterocycles. The molecule has 0 aromatic carbocycles. The third-order valence-corrected chi connectivity index (χ3v) is 4.32. The summed E-state index contributed by atoms with van der Waals surface area (Å²) in [6.45, 7) is 10.7. The van der Waals surface area contributed by atoms with Gasteiger partial charge < -0.3 is 5.32 Å². The van der Waals surface area contributed by atoms with E-state index in [1.807, 2.05) is 11.8 Å². The van der Waals surface area contributed by atoms with Gasteiger partial charge in [-0.25, -0.2) is 0 Å². The van der Waals surface area contributed by atoms with Crippen LogP contribution in [-0.2, 0) is 0 Å². The average molecular weight is 244 g/mol. The zero-order valence-corrected chi connectivity index (χ0v) is 12.1. The minimum Gasteiger partial charge on any atom is -0.311 e. The van der Waals surface area contributed by atoms with Gasteiger partial charge in [-0.1, -0.05) is 20.3 Å². The normalized spacial score (nSPS) is 29.2. The Labute approximate surface area is 106 Å². The van der Waals surface area contributed by atoms with E-state index in [-0.39, 0.29) is 0 Å². The van der Waals surface area contributed by atoms with E-state index < -0.39 is 0 Å². The number of nitrogens with one attached hydrogen (secondary N) is 1. The predicted octanol–water partition coefficient (Wildman–Crippen LogP) is 2.45. The van der Waals surface area contributed by atoms with Crippen LogP contribution in [0.2, 0.25) is 0 Å². The number of nitrogens with zero attached hydrogens (tertiary/aromatic N) is 1. The third-order valence-electron chi connectivity index (χ3n) is 3.41. The summed E-state index contributed by atoms with van der Waals surface area (Å²) in [4.78, 5) is 2.68. The van der Waals surface area contributed by atoms with Crippen molar-refractivity contribution >= 4 is 11.8 Å². The van der Waals surface area contributed by atoms with Crippen molar-refractivity contribution in [2.45, 2.75) is 45.7 Å². The maximum absolute atomic E-state index is 3.66. The van der Waals surface area contributed by atoms with Crippen molar-refractivity contribution in [2.75, 3.05) is 31.6 Å². The standard InChI is InChI=1S/C13H28N2S/c1-5-6-13-9-15(12(3)7-14-13)8-11(2)10-16-4/h11-14H,5-10H2,1-4H3. The van der Waals surface area contributed by atoms with Crippen molar-refractivity contribution in [3.05, 3.63) is 0 Å². The predicted molar refractivity (Wildman–Crippen MR) is 75.3 cm³/mol. The van der Waals surface area contributed by atoms with E-state index in [1.165, 1.54) is 31.7 Å². The zero-order chi connectivity index (χ0) is 12.0. The van der Waals surface area contributed by atoms with Crippen molar-refractivity contribution in [3.8, 4) is 0 Å². The molecule has 0 aromatic rings. The second kappa shape index (κ2) is 7.57. The summed E-state index contributed by atoms with van der Waals surface area (Å²) in [5, 5.41) is 3.66. The maximum atomic E-state index is 3.66. The van der Waals surface area contributed by atoms with E-state index in [0.29, 0.717) is 6.04 Å². The van der Waals surface area contributed by atoms with E-state index in [4.69, 9.17) is 0 Å². The lowest BCUT2D eigenvalue weighted by Gasteiger charge is -2.40. The SMILES string of the molecule is CCCC1CN(CC(C)CSC)C(C)CN1. The first kappa shape index (κ1) is 14.3. The van der Waals surface area contributed by atoms with Crippen LogP contribution in [0.5, 0.6) is 0 Å². The van der Waals surface area contributed by atoms with Crippen LogP contribution in [0.15, 0.2) is 0 Å². The summed E-state index contributed by atoms with van der Waals surface area (Å²) in [6, 6.07) is 1.43. The van der Waals surface area contributed by atoms with Gasteiger partial charge in [0.1, 0.15) is 0 Å². The molecule has 0 bridgehead atoms. The van der Waals surface area contributed by atoms with Crippen molar-refractivity contribution in [1.29, 1.82) is 0 Å². The Hall–Kier alpha value is 0.270. The summed E-state index contributed by atoms with van der Waals surface area (Å²) in [7, 11) is 0. The van der Waals surface area contributed by atoms with E-state index >= 15 is 0 Å². The van der Waals surface area contributed by atoms with Gasteiger partial charge in [-0.2, -0.15) is 11.8 Å². The van der Waals surface area contributed by atoms with Crippen LogP contribution < -0.4 is 5.32 Å². The number of hydrogen-bond acceptors (Lipinski definition) is 3. The van der Waals surface area contributed by atoms with Gasteiger partial charge in [0.05, 0.1) is 0 Å². The largest absolute Gasteiger partial charge is 0.311 e. The molecule has 0 radical (unpaired) electrons. The molecule has 2 nitrogen and oxygen atoms in total. The lowest BCUT2D eigenvalue weighted by atomic mass is 10.0. The molecule has 1 aliphatic heterocycles. The van der Waals surface area contributed by atoms with Gasteiger partial charge in [0, 0.05) is 31.7 Å². The summed E-state index contributed by atoms with van der Waals surface area (Å²) in [6.07, 6.45) is 4.82. The second-order valence-corrected chi connectivity index (χ2v) is 6.17. The Balaban J connectivity index is 2.36. The van der Waals surface area contributed by atoms with Gasteiger partial charge in [0.2, 0.25) is 0 Å². The molecule has 3 atom stereocenters. The molecule has 3 unspecified atom stereocenters. The first-order valence-corrected chi connectivity index (χ1v) is 8.03. The number of hydrogen-bond donors (Lipinski definition) is 1. The average Bonchev–Trinajstić information content (AvgIpc) is 2.24. The van der Waals surface area contributed by atoms with E-state index in [1.54, 1.807) is 0 Å². The van der Waals surface area contributed by atoms with Crippen LogP contribution in [0.4, 0.5) is 0 Å². The fourth-order valence-corrected chi connectivity index (χ4v) is 3.20. The Morgan fingerprint density at radius 2 is 2.25 bits per heavy atom. The molecule has 1 N–H and O–H groups in total. The second-order valence-electron chi connectivity index (χ2n) is 5.26. The fraction of sp³-hybridized carbons (Fsp3) is 1.00. The fourth-order valence-electron chi connectivity index (χ4n) is 2.53. The van der Waals surface area contributed by atoms with Gasteiger partial charge in [-0.05, 0) is 31.3 Å². The molecule has 0 aromatic heterocycles. The summed E-state index contributed by atoms with van der Waals surface area (Å²) < 4.78 is 0. The lowest BCUT2D eigenvalue weighted by Crippen LogP contribution is -2.56. The number of rotatable bonds is 6. The Kier molecular flexibility index (Phi) is 6.78. The van der Waals surface area contributed by atoms with Crippen LogP contribution in [0, 0.1) is 5.92 Å². The molecule has 16 heavy (non-hydrogen) atoms. The van der Waals surface area contributed by atoms with Crippen LogP contribution >= 0.6 is 11.8 Å². The first-order chi connectivity index (χ1) is 7.67. The molecular weight excluding hydrogens is 216 g/mol. The monoisotopic (exact) mass is 244 g/mol. The first-order valence-electron chi connectivity index (χ1n) is 6.63. The summed E-state index contributed by atoms with van der Waals surface area (Å²) in [5.41, 5.74) is 0. The van der Waals surface area contributed by atoms with Crippen LogP contribution in [0.1, 0.15) is 33.6 Å². The van der Waals surface area contributed by atoms with Gasteiger partial charge >= 0.3 is 0 Å². The molecule has 1 fully saturated rings. The van der Waals surface area contributed by atoms with Gasteiger partial charge in [-0.15, -0.1) is 0 Å². The Morgan fingerprint density at radius 3 is 2.88 bits per heavy atom. The topological polar surface area (TPSA) is 15.3 Å². The van der Waals surface area contributed by atoms with Crippen LogP contribution in [-0.4, -0.2) is 48.6 Å². The highest BCUT2D eigenvalue weighted by molar-refractivity contribution is 7.98. The third kappa shape index (κ3) is 4.64.